The third-order valence-electron chi connectivity index (χ3n) is 3.81. The van der Waals surface area contributed by atoms with E-state index < -0.39 is 5.91 Å². The molecule has 4 nitrogen and oxygen atoms in total. The summed E-state index contributed by atoms with van der Waals surface area (Å²) in [5.41, 5.74) is 15.7. The van der Waals surface area contributed by atoms with Crippen LogP contribution < -0.4 is 16.8 Å². The van der Waals surface area contributed by atoms with Crippen LogP contribution in [0.25, 0.3) is 0 Å². The van der Waals surface area contributed by atoms with Gasteiger partial charge in [-0.1, -0.05) is 24.3 Å². The number of carbonyl (C=O) groups is 1. The topological polar surface area (TPSA) is 81.1 Å². The van der Waals surface area contributed by atoms with Crippen molar-refractivity contribution in [2.24, 2.45) is 5.73 Å². The number of hydrogen-bond acceptors (Lipinski definition) is 3. The molecule has 1 amide bonds. The first kappa shape index (κ1) is 12.5. The predicted octanol–water partition coefficient (Wildman–Crippen LogP) is 2.12. The summed E-state index contributed by atoms with van der Waals surface area (Å²) in [6, 6.07) is 13.5. The second-order valence-electron chi connectivity index (χ2n) is 5.15. The van der Waals surface area contributed by atoms with Gasteiger partial charge in [0.1, 0.15) is 0 Å². The Bertz CT molecular complexity index is 667. The molecule has 0 saturated carbocycles. The van der Waals surface area contributed by atoms with Gasteiger partial charge in [-0.2, -0.15) is 0 Å². The zero-order valence-corrected chi connectivity index (χ0v) is 11.1. The molecule has 5 N–H and O–H groups in total. The number of nitrogen functional groups attached to an aromatic ring is 1. The van der Waals surface area contributed by atoms with Crippen molar-refractivity contribution in [1.82, 2.24) is 0 Å². The number of primary amides is 1. The van der Waals surface area contributed by atoms with Crippen molar-refractivity contribution in [3.63, 3.8) is 0 Å². The highest BCUT2D eigenvalue weighted by atomic mass is 16.1. The fourth-order valence-corrected chi connectivity index (χ4v) is 2.70. The van der Waals surface area contributed by atoms with Crippen LogP contribution in [0.1, 0.15) is 27.4 Å². The van der Waals surface area contributed by atoms with Gasteiger partial charge in [0.05, 0.1) is 5.56 Å². The molecule has 2 aromatic carbocycles. The van der Waals surface area contributed by atoms with Gasteiger partial charge in [-0.25, -0.2) is 0 Å². The number of amides is 1. The second-order valence-corrected chi connectivity index (χ2v) is 5.15. The van der Waals surface area contributed by atoms with Crippen molar-refractivity contribution < 1.29 is 4.79 Å². The maximum Gasteiger partial charge on any atom is 0.250 e. The molecular formula is C16H17N3O. The molecule has 3 rings (SSSR count). The Morgan fingerprint density at radius 1 is 1.25 bits per heavy atom. The molecular weight excluding hydrogens is 250 g/mol. The number of rotatable bonds is 4. The molecule has 20 heavy (non-hydrogen) atoms. The molecule has 1 atom stereocenters. The van der Waals surface area contributed by atoms with Crippen molar-refractivity contribution in [1.29, 1.82) is 0 Å². The zero-order valence-electron chi connectivity index (χ0n) is 11.1. The number of anilines is 2. The molecule has 0 bridgehead atoms. The lowest BCUT2D eigenvalue weighted by Crippen LogP contribution is -2.25. The predicted molar refractivity (Wildman–Crippen MR) is 80.7 cm³/mol. The first-order valence-corrected chi connectivity index (χ1v) is 6.66. The fourth-order valence-electron chi connectivity index (χ4n) is 2.70. The van der Waals surface area contributed by atoms with Gasteiger partial charge in [-0.15, -0.1) is 0 Å². The molecule has 2 aromatic rings. The Morgan fingerprint density at radius 3 is 2.80 bits per heavy atom. The number of benzene rings is 2. The maximum atomic E-state index is 11.4. The third kappa shape index (κ3) is 2.20. The monoisotopic (exact) mass is 267 g/mol. The van der Waals surface area contributed by atoms with Crippen LogP contribution in [-0.4, -0.2) is 12.5 Å². The summed E-state index contributed by atoms with van der Waals surface area (Å²) in [4.78, 5) is 11.4. The van der Waals surface area contributed by atoms with Crippen LogP contribution in [0.5, 0.6) is 0 Å². The molecule has 1 aliphatic carbocycles. The summed E-state index contributed by atoms with van der Waals surface area (Å²) in [6.07, 6.45) is 1.07. The molecule has 102 valence electrons. The molecule has 1 unspecified atom stereocenters. The minimum Gasteiger partial charge on any atom is -0.399 e. The molecule has 0 saturated heterocycles. The van der Waals surface area contributed by atoms with Gasteiger partial charge in [0, 0.05) is 23.8 Å². The van der Waals surface area contributed by atoms with Gasteiger partial charge in [-0.05, 0) is 35.7 Å². The van der Waals surface area contributed by atoms with Gasteiger partial charge in [0.25, 0.3) is 5.91 Å². The first-order valence-electron chi connectivity index (χ1n) is 6.66. The van der Waals surface area contributed by atoms with Crippen molar-refractivity contribution >= 4 is 17.3 Å². The van der Waals surface area contributed by atoms with Crippen LogP contribution in [0, 0.1) is 0 Å². The van der Waals surface area contributed by atoms with Crippen LogP contribution in [0.3, 0.4) is 0 Å². The van der Waals surface area contributed by atoms with Crippen LogP contribution >= 0.6 is 0 Å². The molecule has 1 aliphatic rings. The van der Waals surface area contributed by atoms with Crippen LogP contribution in [0.15, 0.2) is 42.5 Å². The zero-order chi connectivity index (χ0) is 14.1. The summed E-state index contributed by atoms with van der Waals surface area (Å²) in [6.45, 7) is 0.779. The lowest BCUT2D eigenvalue weighted by atomic mass is 9.77. The van der Waals surface area contributed by atoms with Crippen molar-refractivity contribution in [2.45, 2.75) is 12.3 Å². The summed E-state index contributed by atoms with van der Waals surface area (Å²) >= 11 is 0. The van der Waals surface area contributed by atoms with Gasteiger partial charge >= 0.3 is 0 Å². The minimum absolute atomic E-state index is 0.443. The molecule has 0 aliphatic heterocycles. The average molecular weight is 267 g/mol. The van der Waals surface area contributed by atoms with E-state index in [4.69, 9.17) is 11.5 Å². The van der Waals surface area contributed by atoms with E-state index in [0.717, 1.165) is 13.0 Å². The number of hydrogen-bond donors (Lipinski definition) is 3. The van der Waals surface area contributed by atoms with E-state index in [1.807, 2.05) is 0 Å². The molecule has 0 heterocycles. The van der Waals surface area contributed by atoms with Crippen molar-refractivity contribution in [3.05, 3.63) is 59.2 Å². The Morgan fingerprint density at radius 2 is 2.05 bits per heavy atom. The fraction of sp³-hybridized carbons (Fsp3) is 0.188. The van der Waals surface area contributed by atoms with E-state index in [2.05, 4.69) is 29.6 Å². The minimum atomic E-state index is -0.443. The Labute approximate surface area is 117 Å². The maximum absolute atomic E-state index is 11.4. The average Bonchev–Trinajstić information content (AvgIpc) is 2.39. The summed E-state index contributed by atoms with van der Waals surface area (Å²) < 4.78 is 0. The number of carbonyl (C=O) groups excluding carboxylic acids is 1. The van der Waals surface area contributed by atoms with E-state index >= 15 is 0 Å². The quantitative estimate of drug-likeness (QED) is 0.742. The van der Waals surface area contributed by atoms with Gasteiger partial charge < -0.3 is 16.8 Å². The van der Waals surface area contributed by atoms with Crippen molar-refractivity contribution in [3.8, 4) is 0 Å². The van der Waals surface area contributed by atoms with E-state index in [-0.39, 0.29) is 0 Å². The Hall–Kier alpha value is -2.49. The number of fused-ring (bicyclic) bond motifs is 1. The van der Waals surface area contributed by atoms with E-state index in [9.17, 15) is 4.79 Å². The van der Waals surface area contributed by atoms with Crippen LogP contribution in [0.4, 0.5) is 11.4 Å². The number of nitrogens with one attached hydrogen (secondary N) is 1. The van der Waals surface area contributed by atoms with E-state index in [1.165, 1.54) is 11.1 Å². The summed E-state index contributed by atoms with van der Waals surface area (Å²) in [5, 5.41) is 3.30. The standard InChI is InChI=1S/C16H17N3O/c17-12-5-6-14(16(18)20)15(8-12)19-9-11-7-10-3-1-2-4-13(10)11/h1-6,8,11,19H,7,9,17H2,(H2,18,20). The summed E-state index contributed by atoms with van der Waals surface area (Å²) in [7, 11) is 0. The van der Waals surface area contributed by atoms with Gasteiger partial charge in [-0.3, -0.25) is 4.79 Å². The third-order valence-corrected chi connectivity index (χ3v) is 3.81. The summed E-state index contributed by atoms with van der Waals surface area (Å²) in [5.74, 6) is 0.0369. The van der Waals surface area contributed by atoms with E-state index in [1.54, 1.807) is 18.2 Å². The largest absolute Gasteiger partial charge is 0.399 e. The molecule has 0 spiro atoms. The highest BCUT2D eigenvalue weighted by molar-refractivity contribution is 5.99. The van der Waals surface area contributed by atoms with Crippen molar-refractivity contribution in [2.75, 3.05) is 17.6 Å². The van der Waals surface area contributed by atoms with Crippen LogP contribution in [0.2, 0.25) is 0 Å². The van der Waals surface area contributed by atoms with E-state index in [0.29, 0.717) is 22.9 Å². The van der Waals surface area contributed by atoms with Gasteiger partial charge in [0.15, 0.2) is 0 Å². The Balaban J connectivity index is 1.74. The normalized spacial score (nSPS) is 16.1. The number of nitrogens with two attached hydrogens (primary N) is 2. The SMILES string of the molecule is NC(=O)c1ccc(N)cc1NCC1Cc2ccccc21. The van der Waals surface area contributed by atoms with Crippen LogP contribution in [-0.2, 0) is 6.42 Å². The molecule has 4 heteroatoms. The Kier molecular flexibility index (Phi) is 3.06. The highest BCUT2D eigenvalue weighted by Crippen LogP contribution is 2.35. The molecule has 0 radical (unpaired) electrons. The first-order chi connectivity index (χ1) is 9.65. The smallest absolute Gasteiger partial charge is 0.250 e. The second kappa shape index (κ2) is 4.89. The highest BCUT2D eigenvalue weighted by Gasteiger charge is 2.25. The lowest BCUT2D eigenvalue weighted by molar-refractivity contribution is 0.100. The lowest BCUT2D eigenvalue weighted by Gasteiger charge is -2.30. The molecule has 0 fully saturated rings. The molecule has 0 aromatic heterocycles. The van der Waals surface area contributed by atoms with Gasteiger partial charge in [0.2, 0.25) is 0 Å².